The molecule has 0 heterocycles. The fourth-order valence-electron chi connectivity index (χ4n) is 0.455. The molecule has 0 fully saturated rings. The van der Waals surface area contributed by atoms with Crippen LogP contribution in [-0.4, -0.2) is 0 Å². The summed E-state index contributed by atoms with van der Waals surface area (Å²) in [6.45, 7) is 11.3. The van der Waals surface area contributed by atoms with Crippen molar-refractivity contribution in [3.8, 4) is 0 Å². The molecular formula is C7H11Cr-. The van der Waals surface area contributed by atoms with E-state index < -0.39 is 0 Å². The first-order chi connectivity index (χ1) is 3.13. The topological polar surface area (TPSA) is 0 Å². The van der Waals surface area contributed by atoms with Gasteiger partial charge in [0, 0.05) is 17.4 Å². The van der Waals surface area contributed by atoms with Crippen LogP contribution in [0.5, 0.6) is 0 Å². The van der Waals surface area contributed by atoms with Crippen LogP contribution in [0.25, 0.3) is 0 Å². The van der Waals surface area contributed by atoms with Crippen molar-refractivity contribution < 1.29 is 17.4 Å². The van der Waals surface area contributed by atoms with Crippen molar-refractivity contribution in [2.45, 2.75) is 20.8 Å². The standard InChI is InChI=1S/C7H11.Cr/c1-6(2)5-7(3)4;/h1,5H,2-4H3;/q-1;. The first-order valence-corrected chi connectivity index (χ1v) is 2.37. The maximum absolute atomic E-state index is 5.33. The SMILES string of the molecule is [CH-]=C(C)C=C(C)C.[Cr]. The second-order valence-electron chi connectivity index (χ2n) is 1.97. The zero-order valence-corrected chi connectivity index (χ0v) is 6.84. The van der Waals surface area contributed by atoms with Gasteiger partial charge in [0.2, 0.25) is 0 Å². The third-order valence-electron chi connectivity index (χ3n) is 0.516. The molecule has 0 nitrogen and oxygen atoms in total. The van der Waals surface area contributed by atoms with E-state index in [0.29, 0.717) is 0 Å². The fraction of sp³-hybridized carbons (Fsp3) is 0.429. The maximum atomic E-state index is 5.33. The van der Waals surface area contributed by atoms with Crippen LogP contribution < -0.4 is 0 Å². The van der Waals surface area contributed by atoms with Crippen LogP contribution in [0.15, 0.2) is 17.2 Å². The summed E-state index contributed by atoms with van der Waals surface area (Å²) in [5.41, 5.74) is 2.13. The normalized spacial score (nSPS) is 6.88. The number of hydrogen-bond donors (Lipinski definition) is 0. The zero-order valence-electron chi connectivity index (χ0n) is 5.56. The van der Waals surface area contributed by atoms with Crippen LogP contribution >= 0.6 is 0 Å². The third kappa shape index (κ3) is 9.38. The Bertz CT molecular complexity index is 97.0. The van der Waals surface area contributed by atoms with Crippen LogP contribution in [0.1, 0.15) is 20.8 Å². The quantitative estimate of drug-likeness (QED) is 0.394. The van der Waals surface area contributed by atoms with Crippen molar-refractivity contribution in [3.05, 3.63) is 23.8 Å². The van der Waals surface area contributed by atoms with Gasteiger partial charge in [-0.05, 0) is 0 Å². The Morgan fingerprint density at radius 3 is 1.62 bits per heavy atom. The van der Waals surface area contributed by atoms with Gasteiger partial charge in [0.25, 0.3) is 0 Å². The van der Waals surface area contributed by atoms with E-state index in [1.165, 1.54) is 5.57 Å². The minimum Gasteiger partial charge on any atom is -0.290 e. The molecule has 0 aromatic rings. The van der Waals surface area contributed by atoms with E-state index in [1.807, 2.05) is 26.8 Å². The predicted octanol–water partition coefficient (Wildman–Crippen LogP) is 2.33. The van der Waals surface area contributed by atoms with Crippen LogP contribution in [0.2, 0.25) is 0 Å². The molecule has 0 unspecified atom stereocenters. The van der Waals surface area contributed by atoms with Crippen molar-refractivity contribution in [1.29, 1.82) is 0 Å². The molecule has 0 aliphatic rings. The van der Waals surface area contributed by atoms with E-state index in [4.69, 9.17) is 6.58 Å². The van der Waals surface area contributed by atoms with Crippen LogP contribution in [-0.2, 0) is 17.4 Å². The summed E-state index contributed by atoms with van der Waals surface area (Å²) in [6.07, 6.45) is 1.94. The van der Waals surface area contributed by atoms with Gasteiger partial charge in [-0.25, -0.2) is 11.6 Å². The molecule has 0 aliphatic heterocycles. The molecule has 0 saturated heterocycles. The molecule has 1 heteroatoms. The minimum atomic E-state index is 0. The molecule has 0 bridgehead atoms. The van der Waals surface area contributed by atoms with E-state index in [9.17, 15) is 0 Å². The molecule has 0 spiro atoms. The van der Waals surface area contributed by atoms with Gasteiger partial charge in [-0.1, -0.05) is 20.8 Å². The van der Waals surface area contributed by atoms with Gasteiger partial charge in [0.15, 0.2) is 0 Å². The Balaban J connectivity index is 0. The molecule has 0 amide bonds. The van der Waals surface area contributed by atoms with E-state index in [-0.39, 0.29) is 17.4 Å². The Morgan fingerprint density at radius 2 is 1.62 bits per heavy atom. The molecule has 0 rings (SSSR count). The average Bonchev–Trinajstić information content (AvgIpc) is 1.27. The van der Waals surface area contributed by atoms with Crippen molar-refractivity contribution in [2.24, 2.45) is 0 Å². The zero-order chi connectivity index (χ0) is 5.86. The largest absolute Gasteiger partial charge is 0.290 e. The van der Waals surface area contributed by atoms with E-state index in [2.05, 4.69) is 0 Å². The molecular weight excluding hydrogens is 136 g/mol. The first-order valence-electron chi connectivity index (χ1n) is 2.37. The van der Waals surface area contributed by atoms with Gasteiger partial charge >= 0.3 is 0 Å². The van der Waals surface area contributed by atoms with E-state index >= 15 is 0 Å². The van der Waals surface area contributed by atoms with Gasteiger partial charge in [0.05, 0.1) is 0 Å². The average molecular weight is 147 g/mol. The van der Waals surface area contributed by atoms with Crippen LogP contribution in [0, 0.1) is 6.58 Å². The summed E-state index contributed by atoms with van der Waals surface area (Å²) >= 11 is 0. The molecule has 0 saturated carbocycles. The number of hydrogen-bond acceptors (Lipinski definition) is 0. The molecule has 0 radical (unpaired) electrons. The van der Waals surface area contributed by atoms with Gasteiger partial charge in [0.1, 0.15) is 0 Å². The summed E-state index contributed by atoms with van der Waals surface area (Å²) in [4.78, 5) is 0. The summed E-state index contributed by atoms with van der Waals surface area (Å²) in [5, 5.41) is 0. The Labute approximate surface area is 62.4 Å². The van der Waals surface area contributed by atoms with E-state index in [0.717, 1.165) is 5.57 Å². The van der Waals surface area contributed by atoms with Crippen molar-refractivity contribution in [2.75, 3.05) is 0 Å². The van der Waals surface area contributed by atoms with Crippen LogP contribution in [0.4, 0.5) is 0 Å². The second kappa shape index (κ2) is 5.16. The molecule has 0 aliphatic carbocycles. The Kier molecular flexibility index (Phi) is 7.02. The fourth-order valence-corrected chi connectivity index (χ4v) is 0.455. The summed E-state index contributed by atoms with van der Waals surface area (Å²) in [6, 6.07) is 0. The molecule has 0 aromatic heterocycles. The Hall–Kier alpha value is 0.0125. The summed E-state index contributed by atoms with van der Waals surface area (Å²) in [5.74, 6) is 0. The first kappa shape index (κ1) is 10.9. The molecule has 0 atom stereocenters. The smallest absolute Gasteiger partial charge is 0 e. The Morgan fingerprint density at radius 1 is 1.25 bits per heavy atom. The molecule has 0 aromatic carbocycles. The van der Waals surface area contributed by atoms with Crippen LogP contribution in [0.3, 0.4) is 0 Å². The van der Waals surface area contributed by atoms with Crippen molar-refractivity contribution in [3.63, 3.8) is 0 Å². The predicted molar refractivity (Wildman–Crippen MR) is 32.9 cm³/mol. The van der Waals surface area contributed by atoms with Gasteiger partial charge in [-0.3, -0.25) is 6.58 Å². The summed E-state index contributed by atoms with van der Waals surface area (Å²) in [7, 11) is 0. The van der Waals surface area contributed by atoms with Gasteiger partial charge in [-0.15, -0.1) is 0 Å². The van der Waals surface area contributed by atoms with Crippen molar-refractivity contribution in [1.82, 2.24) is 0 Å². The second-order valence-corrected chi connectivity index (χ2v) is 1.97. The monoisotopic (exact) mass is 147 g/mol. The minimum absolute atomic E-state index is 0. The van der Waals surface area contributed by atoms with E-state index in [1.54, 1.807) is 0 Å². The summed E-state index contributed by atoms with van der Waals surface area (Å²) < 4.78 is 0. The maximum Gasteiger partial charge on any atom is 0 e. The molecule has 46 valence electrons. The van der Waals surface area contributed by atoms with Crippen molar-refractivity contribution >= 4 is 0 Å². The van der Waals surface area contributed by atoms with Gasteiger partial charge < -0.3 is 0 Å². The molecule has 0 N–H and O–H groups in total. The van der Waals surface area contributed by atoms with Gasteiger partial charge in [-0.2, -0.15) is 5.57 Å². The molecule has 8 heavy (non-hydrogen) atoms. The number of allylic oxidation sites excluding steroid dienone is 3. The third-order valence-corrected chi connectivity index (χ3v) is 0.516. The number of rotatable bonds is 1.